The minimum Gasteiger partial charge on any atom is -0.385 e. The maximum atomic E-state index is 12.7. The number of rotatable bonds is 1. The van der Waals surface area contributed by atoms with E-state index in [-0.39, 0.29) is 0 Å². The highest BCUT2D eigenvalue weighted by Gasteiger charge is 2.30. The maximum absolute atomic E-state index is 12.7. The highest BCUT2D eigenvalue weighted by molar-refractivity contribution is 5.73. The summed E-state index contributed by atoms with van der Waals surface area (Å²) in [6, 6.07) is 10.00. The van der Waals surface area contributed by atoms with E-state index in [0.717, 1.165) is 42.3 Å². The summed E-state index contributed by atoms with van der Waals surface area (Å²) < 4.78 is 38.2. The first-order valence-electron chi connectivity index (χ1n) is 7.00. The molecule has 2 aromatic carbocycles. The van der Waals surface area contributed by atoms with Crippen molar-refractivity contribution in [2.24, 2.45) is 0 Å². The predicted octanol–water partition coefficient (Wildman–Crippen LogP) is 5.04. The Morgan fingerprint density at radius 2 is 1.86 bits per heavy atom. The SMILES string of the molecule is Cc1cc(C(F)(F)F)ccc1-c1ccc2c(c1)NCCC2. The van der Waals surface area contributed by atoms with Crippen molar-refractivity contribution >= 4 is 5.69 Å². The molecule has 0 spiro atoms. The van der Waals surface area contributed by atoms with Gasteiger partial charge in [0.2, 0.25) is 0 Å². The molecule has 1 nitrogen and oxygen atoms in total. The van der Waals surface area contributed by atoms with Crippen LogP contribution < -0.4 is 5.32 Å². The van der Waals surface area contributed by atoms with Gasteiger partial charge in [-0.25, -0.2) is 0 Å². The fraction of sp³-hybridized carbons (Fsp3) is 0.294. The molecule has 110 valence electrons. The number of aryl methyl sites for hydroxylation is 2. The molecular weight excluding hydrogens is 275 g/mol. The molecule has 0 saturated carbocycles. The summed E-state index contributed by atoms with van der Waals surface area (Å²) in [4.78, 5) is 0. The van der Waals surface area contributed by atoms with E-state index in [4.69, 9.17) is 0 Å². The van der Waals surface area contributed by atoms with Gasteiger partial charge in [-0.05, 0) is 60.2 Å². The molecule has 0 unspecified atom stereocenters. The molecule has 1 aliphatic heterocycles. The normalized spacial score (nSPS) is 14.5. The third kappa shape index (κ3) is 2.75. The Hall–Kier alpha value is -1.97. The highest BCUT2D eigenvalue weighted by atomic mass is 19.4. The summed E-state index contributed by atoms with van der Waals surface area (Å²) in [6.07, 6.45) is -2.12. The summed E-state index contributed by atoms with van der Waals surface area (Å²) in [7, 11) is 0. The Morgan fingerprint density at radius 3 is 2.57 bits per heavy atom. The van der Waals surface area contributed by atoms with E-state index >= 15 is 0 Å². The Bertz CT molecular complexity index is 674. The Kier molecular flexibility index (Phi) is 3.40. The fourth-order valence-corrected chi connectivity index (χ4v) is 2.79. The fourth-order valence-electron chi connectivity index (χ4n) is 2.79. The van der Waals surface area contributed by atoms with Gasteiger partial charge in [0.15, 0.2) is 0 Å². The van der Waals surface area contributed by atoms with Crippen molar-refractivity contribution in [1.29, 1.82) is 0 Å². The first-order chi connectivity index (χ1) is 9.95. The Labute approximate surface area is 121 Å². The molecule has 1 N–H and O–H groups in total. The third-order valence-corrected chi connectivity index (χ3v) is 3.91. The maximum Gasteiger partial charge on any atom is 0.416 e. The molecule has 0 radical (unpaired) electrons. The van der Waals surface area contributed by atoms with Gasteiger partial charge in [0.1, 0.15) is 0 Å². The van der Waals surface area contributed by atoms with Crippen molar-refractivity contribution < 1.29 is 13.2 Å². The summed E-state index contributed by atoms with van der Waals surface area (Å²) in [5.74, 6) is 0. The lowest BCUT2D eigenvalue weighted by molar-refractivity contribution is -0.137. The van der Waals surface area contributed by atoms with Crippen molar-refractivity contribution in [3.8, 4) is 11.1 Å². The van der Waals surface area contributed by atoms with E-state index in [0.29, 0.717) is 5.56 Å². The van der Waals surface area contributed by atoms with Gasteiger partial charge < -0.3 is 5.32 Å². The van der Waals surface area contributed by atoms with E-state index in [9.17, 15) is 13.2 Å². The van der Waals surface area contributed by atoms with Crippen molar-refractivity contribution in [1.82, 2.24) is 0 Å². The number of benzene rings is 2. The number of anilines is 1. The molecule has 0 amide bonds. The van der Waals surface area contributed by atoms with Crippen LogP contribution in [0.25, 0.3) is 11.1 Å². The smallest absolute Gasteiger partial charge is 0.385 e. The molecule has 0 atom stereocenters. The minimum absolute atomic E-state index is 0.597. The van der Waals surface area contributed by atoms with Crippen LogP contribution in [0.15, 0.2) is 36.4 Å². The van der Waals surface area contributed by atoms with Gasteiger partial charge in [-0.15, -0.1) is 0 Å². The minimum atomic E-state index is -4.29. The van der Waals surface area contributed by atoms with Crippen LogP contribution in [0.1, 0.15) is 23.1 Å². The number of hydrogen-bond donors (Lipinski definition) is 1. The van der Waals surface area contributed by atoms with E-state index in [1.54, 1.807) is 13.0 Å². The lowest BCUT2D eigenvalue weighted by Gasteiger charge is -2.19. The molecule has 1 heterocycles. The van der Waals surface area contributed by atoms with Crippen LogP contribution in [0.5, 0.6) is 0 Å². The zero-order valence-electron chi connectivity index (χ0n) is 11.7. The summed E-state index contributed by atoms with van der Waals surface area (Å²) in [6.45, 7) is 2.67. The second kappa shape index (κ2) is 5.10. The highest BCUT2D eigenvalue weighted by Crippen LogP contribution is 2.34. The number of alkyl halides is 3. The van der Waals surface area contributed by atoms with Gasteiger partial charge in [-0.2, -0.15) is 13.2 Å². The average molecular weight is 291 g/mol. The van der Waals surface area contributed by atoms with Crippen LogP contribution in [0, 0.1) is 6.92 Å². The van der Waals surface area contributed by atoms with Crippen molar-refractivity contribution in [3.63, 3.8) is 0 Å². The molecule has 4 heteroatoms. The molecule has 0 saturated heterocycles. The van der Waals surface area contributed by atoms with E-state index < -0.39 is 11.7 Å². The molecule has 1 aliphatic rings. The monoisotopic (exact) mass is 291 g/mol. The van der Waals surface area contributed by atoms with E-state index in [1.165, 1.54) is 11.6 Å². The van der Waals surface area contributed by atoms with Crippen LogP contribution in [-0.2, 0) is 12.6 Å². The van der Waals surface area contributed by atoms with Gasteiger partial charge >= 0.3 is 6.18 Å². The van der Waals surface area contributed by atoms with Crippen molar-refractivity contribution in [2.75, 3.05) is 11.9 Å². The number of halogens is 3. The van der Waals surface area contributed by atoms with Crippen LogP contribution >= 0.6 is 0 Å². The largest absolute Gasteiger partial charge is 0.416 e. The molecule has 21 heavy (non-hydrogen) atoms. The third-order valence-electron chi connectivity index (χ3n) is 3.91. The van der Waals surface area contributed by atoms with Crippen LogP contribution in [0.3, 0.4) is 0 Å². The zero-order valence-corrected chi connectivity index (χ0v) is 11.7. The van der Waals surface area contributed by atoms with Crippen LogP contribution in [-0.4, -0.2) is 6.54 Å². The number of fused-ring (bicyclic) bond motifs is 1. The summed E-state index contributed by atoms with van der Waals surface area (Å²) in [5.41, 5.74) is 4.21. The van der Waals surface area contributed by atoms with Gasteiger partial charge in [-0.1, -0.05) is 18.2 Å². The quantitative estimate of drug-likeness (QED) is 0.776. The molecule has 2 aromatic rings. The van der Waals surface area contributed by atoms with Gasteiger partial charge in [0.05, 0.1) is 5.56 Å². The molecule has 0 aliphatic carbocycles. The van der Waals surface area contributed by atoms with E-state index in [2.05, 4.69) is 11.4 Å². The van der Waals surface area contributed by atoms with Crippen LogP contribution in [0.4, 0.5) is 18.9 Å². The first kappa shape index (κ1) is 14.0. The molecule has 0 fully saturated rings. The average Bonchev–Trinajstić information content (AvgIpc) is 2.45. The second-order valence-corrected chi connectivity index (χ2v) is 5.43. The van der Waals surface area contributed by atoms with Crippen molar-refractivity contribution in [2.45, 2.75) is 25.9 Å². The van der Waals surface area contributed by atoms with Gasteiger partial charge in [0, 0.05) is 12.2 Å². The van der Waals surface area contributed by atoms with Gasteiger partial charge in [-0.3, -0.25) is 0 Å². The summed E-state index contributed by atoms with van der Waals surface area (Å²) in [5, 5.41) is 3.35. The Morgan fingerprint density at radius 1 is 1.05 bits per heavy atom. The zero-order chi connectivity index (χ0) is 15.0. The topological polar surface area (TPSA) is 12.0 Å². The molecular formula is C17H16F3N. The van der Waals surface area contributed by atoms with Gasteiger partial charge in [0.25, 0.3) is 0 Å². The lowest BCUT2D eigenvalue weighted by atomic mass is 9.94. The molecule has 0 bridgehead atoms. The first-order valence-corrected chi connectivity index (χ1v) is 7.00. The molecule has 0 aromatic heterocycles. The lowest BCUT2D eigenvalue weighted by Crippen LogP contribution is -2.11. The van der Waals surface area contributed by atoms with Crippen LogP contribution in [0.2, 0.25) is 0 Å². The second-order valence-electron chi connectivity index (χ2n) is 5.43. The summed E-state index contributed by atoms with van der Waals surface area (Å²) >= 11 is 0. The predicted molar refractivity (Wildman–Crippen MR) is 78.4 cm³/mol. The number of nitrogens with one attached hydrogen (secondary N) is 1. The number of hydrogen-bond acceptors (Lipinski definition) is 1. The Balaban J connectivity index is 2.01. The molecule has 3 rings (SSSR count). The standard InChI is InChI=1S/C17H16F3N/c1-11-9-14(17(18,19)20)6-7-15(11)13-5-4-12-3-2-8-21-16(12)10-13/h4-7,9-10,21H,2-3,8H2,1H3. The van der Waals surface area contributed by atoms with E-state index in [1.807, 2.05) is 12.1 Å². The van der Waals surface area contributed by atoms with Crippen molar-refractivity contribution in [3.05, 3.63) is 53.1 Å².